The first kappa shape index (κ1) is 9.97. The standard InChI is InChI=1S/C11H19NO2/c1-2-8-4-3-5-10(8)12-6-9(7-12)11(13)14/h8-10H,2-7H2,1H3,(H,13,14). The SMILES string of the molecule is CCC1CCCC1N1CC(C(=O)O)C1. The molecule has 0 bridgehead atoms. The fourth-order valence-corrected chi connectivity index (χ4v) is 2.91. The highest BCUT2D eigenvalue weighted by molar-refractivity contribution is 5.71. The van der Waals surface area contributed by atoms with Gasteiger partial charge in [-0.3, -0.25) is 9.69 Å². The minimum absolute atomic E-state index is 0.0897. The Balaban J connectivity index is 1.84. The van der Waals surface area contributed by atoms with Crippen LogP contribution in [0.5, 0.6) is 0 Å². The quantitative estimate of drug-likeness (QED) is 0.746. The van der Waals surface area contributed by atoms with Crippen molar-refractivity contribution in [3.05, 3.63) is 0 Å². The van der Waals surface area contributed by atoms with Gasteiger partial charge in [0.2, 0.25) is 0 Å². The molecule has 1 saturated heterocycles. The summed E-state index contributed by atoms with van der Waals surface area (Å²) in [6.45, 7) is 3.82. The van der Waals surface area contributed by atoms with Crippen LogP contribution in [-0.4, -0.2) is 35.1 Å². The van der Waals surface area contributed by atoms with Crippen molar-refractivity contribution in [2.45, 2.75) is 38.6 Å². The number of aliphatic carboxylic acids is 1. The summed E-state index contributed by atoms with van der Waals surface area (Å²) in [7, 11) is 0. The largest absolute Gasteiger partial charge is 0.481 e. The van der Waals surface area contributed by atoms with Crippen LogP contribution in [0.3, 0.4) is 0 Å². The van der Waals surface area contributed by atoms with Crippen LogP contribution in [-0.2, 0) is 4.79 Å². The van der Waals surface area contributed by atoms with Crippen molar-refractivity contribution >= 4 is 5.97 Å². The number of rotatable bonds is 3. The lowest BCUT2D eigenvalue weighted by molar-refractivity contribution is -0.149. The van der Waals surface area contributed by atoms with Gasteiger partial charge in [0.25, 0.3) is 0 Å². The lowest BCUT2D eigenvalue weighted by Crippen LogP contribution is -2.55. The van der Waals surface area contributed by atoms with Gasteiger partial charge in [-0.2, -0.15) is 0 Å². The van der Waals surface area contributed by atoms with E-state index >= 15 is 0 Å². The van der Waals surface area contributed by atoms with Gasteiger partial charge >= 0.3 is 5.97 Å². The van der Waals surface area contributed by atoms with Crippen LogP contribution in [0.1, 0.15) is 32.6 Å². The molecule has 0 aromatic carbocycles. The van der Waals surface area contributed by atoms with Crippen LogP contribution in [0.2, 0.25) is 0 Å². The topological polar surface area (TPSA) is 40.5 Å². The maximum absolute atomic E-state index is 10.7. The molecule has 14 heavy (non-hydrogen) atoms. The Labute approximate surface area is 85.1 Å². The van der Waals surface area contributed by atoms with Crippen molar-refractivity contribution in [1.82, 2.24) is 4.90 Å². The number of hydrogen-bond acceptors (Lipinski definition) is 2. The molecule has 0 amide bonds. The predicted molar refractivity (Wildman–Crippen MR) is 54.1 cm³/mol. The first-order valence-electron chi connectivity index (χ1n) is 5.69. The molecule has 0 aromatic rings. The molecule has 1 N–H and O–H groups in total. The van der Waals surface area contributed by atoms with Crippen molar-refractivity contribution in [2.24, 2.45) is 11.8 Å². The average Bonchev–Trinajstić information content (AvgIpc) is 2.48. The molecule has 2 aliphatic rings. The van der Waals surface area contributed by atoms with Gasteiger partial charge in [0.15, 0.2) is 0 Å². The molecule has 0 spiro atoms. The molecule has 1 aliphatic heterocycles. The van der Waals surface area contributed by atoms with E-state index in [4.69, 9.17) is 5.11 Å². The van der Waals surface area contributed by atoms with Crippen molar-refractivity contribution in [2.75, 3.05) is 13.1 Å². The van der Waals surface area contributed by atoms with Gasteiger partial charge in [0, 0.05) is 19.1 Å². The van der Waals surface area contributed by atoms with E-state index in [1.165, 1.54) is 25.7 Å². The van der Waals surface area contributed by atoms with Crippen LogP contribution in [0.4, 0.5) is 0 Å². The van der Waals surface area contributed by atoms with E-state index < -0.39 is 5.97 Å². The van der Waals surface area contributed by atoms with E-state index in [9.17, 15) is 4.79 Å². The van der Waals surface area contributed by atoms with Crippen molar-refractivity contribution in [1.29, 1.82) is 0 Å². The van der Waals surface area contributed by atoms with E-state index in [2.05, 4.69) is 11.8 Å². The monoisotopic (exact) mass is 197 g/mol. The van der Waals surface area contributed by atoms with Gasteiger partial charge < -0.3 is 5.11 Å². The minimum Gasteiger partial charge on any atom is -0.481 e. The van der Waals surface area contributed by atoms with Gasteiger partial charge in [-0.25, -0.2) is 0 Å². The third kappa shape index (κ3) is 1.65. The van der Waals surface area contributed by atoms with E-state index in [1.54, 1.807) is 0 Å². The molecule has 3 heteroatoms. The molecule has 1 heterocycles. The number of carboxylic acid groups (broad SMARTS) is 1. The summed E-state index contributed by atoms with van der Waals surface area (Å²) >= 11 is 0. The number of nitrogens with zero attached hydrogens (tertiary/aromatic N) is 1. The molecular formula is C11H19NO2. The fourth-order valence-electron chi connectivity index (χ4n) is 2.91. The van der Waals surface area contributed by atoms with E-state index in [-0.39, 0.29) is 5.92 Å². The Morgan fingerprint density at radius 1 is 1.43 bits per heavy atom. The molecule has 1 aliphatic carbocycles. The minimum atomic E-state index is -0.618. The van der Waals surface area contributed by atoms with Gasteiger partial charge in [-0.05, 0) is 18.8 Å². The van der Waals surface area contributed by atoms with Gasteiger partial charge in [0.05, 0.1) is 5.92 Å². The highest BCUT2D eigenvalue weighted by Crippen LogP contribution is 2.35. The summed E-state index contributed by atoms with van der Waals surface area (Å²) in [6.07, 6.45) is 5.20. The summed E-state index contributed by atoms with van der Waals surface area (Å²) in [5, 5.41) is 8.79. The zero-order valence-electron chi connectivity index (χ0n) is 8.78. The van der Waals surface area contributed by atoms with E-state index in [0.29, 0.717) is 6.04 Å². The Kier molecular flexibility index (Phi) is 2.77. The molecule has 2 fully saturated rings. The Bertz CT molecular complexity index is 223. The molecule has 2 atom stereocenters. The number of carbonyl (C=O) groups is 1. The van der Waals surface area contributed by atoms with Crippen molar-refractivity contribution < 1.29 is 9.90 Å². The van der Waals surface area contributed by atoms with Gasteiger partial charge in [-0.15, -0.1) is 0 Å². The number of hydrogen-bond donors (Lipinski definition) is 1. The molecule has 80 valence electrons. The summed E-state index contributed by atoms with van der Waals surface area (Å²) in [6, 6.07) is 0.690. The van der Waals surface area contributed by atoms with Crippen molar-refractivity contribution in [3.63, 3.8) is 0 Å². The summed E-state index contributed by atoms with van der Waals surface area (Å²) < 4.78 is 0. The van der Waals surface area contributed by atoms with Crippen LogP contribution < -0.4 is 0 Å². The van der Waals surface area contributed by atoms with Crippen LogP contribution >= 0.6 is 0 Å². The van der Waals surface area contributed by atoms with Crippen LogP contribution in [0.15, 0.2) is 0 Å². The zero-order valence-corrected chi connectivity index (χ0v) is 8.78. The molecule has 0 radical (unpaired) electrons. The summed E-state index contributed by atoms with van der Waals surface area (Å²) in [5.41, 5.74) is 0. The third-order valence-corrected chi connectivity index (χ3v) is 3.87. The highest BCUT2D eigenvalue weighted by atomic mass is 16.4. The predicted octanol–water partition coefficient (Wildman–Crippen LogP) is 1.58. The molecule has 2 rings (SSSR count). The summed E-state index contributed by atoms with van der Waals surface area (Å²) in [4.78, 5) is 13.0. The normalized spacial score (nSPS) is 34.4. The van der Waals surface area contributed by atoms with E-state index in [1.807, 2.05) is 0 Å². The maximum atomic E-state index is 10.7. The second kappa shape index (κ2) is 3.89. The first-order chi connectivity index (χ1) is 6.72. The Hall–Kier alpha value is -0.570. The lowest BCUT2D eigenvalue weighted by Gasteiger charge is -2.43. The summed E-state index contributed by atoms with van der Waals surface area (Å²) in [5.74, 6) is 0.116. The first-order valence-corrected chi connectivity index (χ1v) is 5.69. The lowest BCUT2D eigenvalue weighted by atomic mass is 9.92. The highest BCUT2D eigenvalue weighted by Gasteiger charge is 2.40. The van der Waals surface area contributed by atoms with Gasteiger partial charge in [0.1, 0.15) is 0 Å². The smallest absolute Gasteiger partial charge is 0.309 e. The second-order valence-electron chi connectivity index (χ2n) is 4.66. The molecular weight excluding hydrogens is 178 g/mol. The van der Waals surface area contributed by atoms with Crippen LogP contribution in [0.25, 0.3) is 0 Å². The molecule has 0 aromatic heterocycles. The zero-order chi connectivity index (χ0) is 10.1. The molecule has 1 saturated carbocycles. The molecule has 2 unspecified atom stereocenters. The molecule has 3 nitrogen and oxygen atoms in total. The van der Waals surface area contributed by atoms with Crippen LogP contribution in [0, 0.1) is 11.8 Å². The van der Waals surface area contributed by atoms with E-state index in [0.717, 1.165) is 19.0 Å². The number of likely N-dealkylation sites (tertiary alicyclic amines) is 1. The Morgan fingerprint density at radius 3 is 2.71 bits per heavy atom. The number of carboxylic acids is 1. The Morgan fingerprint density at radius 2 is 2.14 bits per heavy atom. The van der Waals surface area contributed by atoms with Gasteiger partial charge in [-0.1, -0.05) is 19.8 Å². The third-order valence-electron chi connectivity index (χ3n) is 3.87. The fraction of sp³-hybridized carbons (Fsp3) is 0.909. The van der Waals surface area contributed by atoms with Crippen molar-refractivity contribution in [3.8, 4) is 0 Å². The average molecular weight is 197 g/mol. The second-order valence-corrected chi connectivity index (χ2v) is 4.66. The maximum Gasteiger partial charge on any atom is 0.309 e.